The summed E-state index contributed by atoms with van der Waals surface area (Å²) in [5, 5.41) is 0. The Kier molecular flexibility index (Phi) is 3.04. The highest BCUT2D eigenvalue weighted by atomic mass is 19.3. The topological polar surface area (TPSA) is 9.23 Å². The number of hydrogen-bond donors (Lipinski definition) is 0. The van der Waals surface area contributed by atoms with Gasteiger partial charge in [0, 0.05) is 13.5 Å². The molecule has 0 fully saturated rings. The normalized spacial score (nSPS) is 15.7. The molecule has 0 aromatic heterocycles. The first-order valence-electron chi connectivity index (χ1n) is 2.95. The van der Waals surface area contributed by atoms with Crippen LogP contribution in [0, 0.1) is 0 Å². The number of alkyl halides is 2. The van der Waals surface area contributed by atoms with Crippen LogP contribution in [-0.4, -0.2) is 19.1 Å². The highest BCUT2D eigenvalue weighted by Crippen LogP contribution is 2.23. The summed E-state index contributed by atoms with van der Waals surface area (Å²) < 4.78 is 29.3. The Labute approximate surface area is 54.0 Å². The van der Waals surface area contributed by atoms with Gasteiger partial charge in [0.2, 0.25) is 0 Å². The van der Waals surface area contributed by atoms with Crippen molar-refractivity contribution >= 4 is 0 Å². The van der Waals surface area contributed by atoms with E-state index in [4.69, 9.17) is 0 Å². The van der Waals surface area contributed by atoms with E-state index in [-0.39, 0.29) is 6.42 Å². The minimum absolute atomic E-state index is 0.165. The van der Waals surface area contributed by atoms with Crippen LogP contribution in [0.15, 0.2) is 0 Å². The Hall–Kier alpha value is -0.180. The van der Waals surface area contributed by atoms with Gasteiger partial charge in [0.05, 0.1) is 0 Å². The maximum atomic E-state index is 12.4. The van der Waals surface area contributed by atoms with Crippen LogP contribution in [-0.2, 0) is 4.74 Å². The molecule has 0 aliphatic rings. The minimum atomic E-state index is -2.67. The lowest BCUT2D eigenvalue weighted by molar-refractivity contribution is -0.117. The maximum absolute atomic E-state index is 12.4. The van der Waals surface area contributed by atoms with E-state index < -0.39 is 12.0 Å². The molecule has 0 N–H and O–H groups in total. The van der Waals surface area contributed by atoms with E-state index in [0.29, 0.717) is 0 Å². The molecule has 0 saturated carbocycles. The summed E-state index contributed by atoms with van der Waals surface area (Å²) in [7, 11) is 1.29. The quantitative estimate of drug-likeness (QED) is 0.580. The number of methoxy groups -OCH3 is 1. The summed E-state index contributed by atoms with van der Waals surface area (Å²) in [5.41, 5.74) is 0. The smallest absolute Gasteiger partial charge is 0.273 e. The van der Waals surface area contributed by atoms with Crippen molar-refractivity contribution in [2.24, 2.45) is 0 Å². The van der Waals surface area contributed by atoms with Crippen molar-refractivity contribution in [2.75, 3.05) is 7.11 Å². The molecule has 0 amide bonds. The molecule has 1 atom stereocenters. The zero-order chi connectivity index (χ0) is 7.49. The third kappa shape index (κ3) is 2.26. The van der Waals surface area contributed by atoms with Gasteiger partial charge in [-0.25, -0.2) is 8.78 Å². The third-order valence-electron chi connectivity index (χ3n) is 1.42. The number of rotatable bonds is 3. The van der Waals surface area contributed by atoms with E-state index >= 15 is 0 Å². The second-order valence-corrected chi connectivity index (χ2v) is 1.99. The van der Waals surface area contributed by atoms with Gasteiger partial charge in [0.25, 0.3) is 5.92 Å². The second-order valence-electron chi connectivity index (χ2n) is 1.99. The van der Waals surface area contributed by atoms with Gasteiger partial charge in [-0.2, -0.15) is 0 Å². The molecule has 1 unspecified atom stereocenters. The van der Waals surface area contributed by atoms with Crippen LogP contribution in [0.5, 0.6) is 0 Å². The Balaban J connectivity index is 3.80. The molecule has 0 aliphatic carbocycles. The van der Waals surface area contributed by atoms with E-state index in [2.05, 4.69) is 4.74 Å². The number of hydrogen-bond acceptors (Lipinski definition) is 1. The fraction of sp³-hybridized carbons (Fsp3) is 1.00. The predicted octanol–water partition coefficient (Wildman–Crippen LogP) is 2.07. The lowest BCUT2D eigenvalue weighted by atomic mass is 10.2. The molecule has 56 valence electrons. The molecule has 9 heavy (non-hydrogen) atoms. The largest absolute Gasteiger partial charge is 0.375 e. The molecule has 0 bridgehead atoms. The van der Waals surface area contributed by atoms with Crippen LogP contribution >= 0.6 is 0 Å². The van der Waals surface area contributed by atoms with Crippen molar-refractivity contribution in [3.63, 3.8) is 0 Å². The zero-order valence-corrected chi connectivity index (χ0v) is 5.95. The Morgan fingerprint density at radius 1 is 1.56 bits per heavy atom. The minimum Gasteiger partial charge on any atom is -0.375 e. The standard InChI is InChI=1S/C6H12F2O/c1-4-6(7,8)5(2)9-3/h5H,4H2,1-3H3. The molecular weight excluding hydrogens is 126 g/mol. The van der Waals surface area contributed by atoms with Gasteiger partial charge in [-0.15, -0.1) is 0 Å². The van der Waals surface area contributed by atoms with Crippen molar-refractivity contribution in [1.82, 2.24) is 0 Å². The monoisotopic (exact) mass is 138 g/mol. The molecule has 0 aliphatic heterocycles. The first-order valence-corrected chi connectivity index (χ1v) is 2.95. The summed E-state index contributed by atoms with van der Waals surface area (Å²) in [6, 6.07) is 0. The lowest BCUT2D eigenvalue weighted by Crippen LogP contribution is -2.31. The fourth-order valence-electron chi connectivity index (χ4n) is 0.460. The highest BCUT2D eigenvalue weighted by Gasteiger charge is 2.33. The van der Waals surface area contributed by atoms with Gasteiger partial charge < -0.3 is 4.74 Å². The summed E-state index contributed by atoms with van der Waals surface area (Å²) in [5.74, 6) is -2.67. The van der Waals surface area contributed by atoms with Crippen molar-refractivity contribution in [1.29, 1.82) is 0 Å². The van der Waals surface area contributed by atoms with Crippen molar-refractivity contribution in [3.8, 4) is 0 Å². The van der Waals surface area contributed by atoms with Crippen LogP contribution in [0.4, 0.5) is 8.78 Å². The molecular formula is C6H12F2O. The zero-order valence-electron chi connectivity index (χ0n) is 5.95. The van der Waals surface area contributed by atoms with Crippen LogP contribution in [0.1, 0.15) is 20.3 Å². The second kappa shape index (κ2) is 3.11. The molecule has 0 radical (unpaired) electrons. The van der Waals surface area contributed by atoms with Gasteiger partial charge in [-0.1, -0.05) is 6.92 Å². The Morgan fingerprint density at radius 2 is 2.00 bits per heavy atom. The van der Waals surface area contributed by atoms with Crippen LogP contribution in [0.2, 0.25) is 0 Å². The van der Waals surface area contributed by atoms with Gasteiger partial charge in [0.1, 0.15) is 6.10 Å². The summed E-state index contributed by atoms with van der Waals surface area (Å²) in [6.45, 7) is 2.80. The number of halogens is 2. The van der Waals surface area contributed by atoms with Gasteiger partial charge in [-0.3, -0.25) is 0 Å². The van der Waals surface area contributed by atoms with E-state index in [0.717, 1.165) is 0 Å². The molecule has 0 aromatic rings. The average Bonchev–Trinajstić information content (AvgIpc) is 1.86. The van der Waals surface area contributed by atoms with Gasteiger partial charge in [-0.05, 0) is 6.92 Å². The molecule has 0 rings (SSSR count). The summed E-state index contributed by atoms with van der Waals surface area (Å²) >= 11 is 0. The molecule has 1 nitrogen and oxygen atoms in total. The first-order chi connectivity index (χ1) is 4.04. The fourth-order valence-corrected chi connectivity index (χ4v) is 0.460. The van der Waals surface area contributed by atoms with E-state index in [1.807, 2.05) is 0 Å². The first kappa shape index (κ1) is 8.82. The Bertz CT molecular complexity index is 83.1. The molecule has 3 heteroatoms. The molecule has 0 spiro atoms. The van der Waals surface area contributed by atoms with E-state index in [1.165, 1.54) is 21.0 Å². The number of ether oxygens (including phenoxy) is 1. The maximum Gasteiger partial charge on any atom is 0.273 e. The average molecular weight is 138 g/mol. The summed E-state index contributed by atoms with van der Waals surface area (Å²) in [6.07, 6.45) is -1.13. The molecule has 0 heterocycles. The molecule has 0 aromatic carbocycles. The summed E-state index contributed by atoms with van der Waals surface area (Å²) in [4.78, 5) is 0. The van der Waals surface area contributed by atoms with Gasteiger partial charge >= 0.3 is 0 Å². The van der Waals surface area contributed by atoms with E-state index in [1.54, 1.807) is 0 Å². The van der Waals surface area contributed by atoms with Gasteiger partial charge in [0.15, 0.2) is 0 Å². The predicted molar refractivity (Wildman–Crippen MR) is 31.7 cm³/mol. The Morgan fingerprint density at radius 3 is 2.11 bits per heavy atom. The van der Waals surface area contributed by atoms with Crippen molar-refractivity contribution in [2.45, 2.75) is 32.3 Å². The molecule has 0 saturated heterocycles. The lowest BCUT2D eigenvalue weighted by Gasteiger charge is -2.20. The SMILES string of the molecule is CCC(F)(F)C(C)OC. The van der Waals surface area contributed by atoms with E-state index in [9.17, 15) is 8.78 Å². The van der Waals surface area contributed by atoms with Crippen molar-refractivity contribution < 1.29 is 13.5 Å². The van der Waals surface area contributed by atoms with Crippen LogP contribution < -0.4 is 0 Å². The highest BCUT2D eigenvalue weighted by molar-refractivity contribution is 4.70. The third-order valence-corrected chi connectivity index (χ3v) is 1.42. The van der Waals surface area contributed by atoms with Crippen LogP contribution in [0.3, 0.4) is 0 Å². The van der Waals surface area contributed by atoms with Crippen molar-refractivity contribution in [3.05, 3.63) is 0 Å². The van der Waals surface area contributed by atoms with Crippen LogP contribution in [0.25, 0.3) is 0 Å².